The number of anilines is 1. The van der Waals surface area contributed by atoms with Crippen LogP contribution < -0.4 is 16.4 Å². The molecular weight excluding hydrogens is 416 g/mol. The lowest BCUT2D eigenvalue weighted by molar-refractivity contribution is -0.122. The van der Waals surface area contributed by atoms with Crippen molar-refractivity contribution in [2.45, 2.75) is 12.6 Å². The predicted octanol–water partition coefficient (Wildman–Crippen LogP) is 3.56. The van der Waals surface area contributed by atoms with Crippen molar-refractivity contribution in [1.29, 1.82) is 5.41 Å². The molecule has 0 aliphatic carbocycles. The molecule has 1 atom stereocenters. The van der Waals surface area contributed by atoms with Crippen molar-refractivity contribution < 1.29 is 14.7 Å². The van der Waals surface area contributed by atoms with E-state index in [2.05, 4.69) is 10.6 Å². The van der Waals surface area contributed by atoms with Crippen molar-refractivity contribution in [3.8, 4) is 0 Å². The number of aromatic carboxylic acids is 1. The smallest absolute Gasteiger partial charge is 0.335 e. The predicted molar refractivity (Wildman–Crippen MR) is 123 cm³/mol. The van der Waals surface area contributed by atoms with E-state index in [-0.39, 0.29) is 29.7 Å². The second-order valence-corrected chi connectivity index (χ2v) is 6.70. The number of hydrogen-bond acceptors (Lipinski definition) is 4. The number of hydrogen-bond donors (Lipinski definition) is 5. The van der Waals surface area contributed by atoms with Gasteiger partial charge in [-0.3, -0.25) is 10.2 Å². The van der Waals surface area contributed by atoms with Crippen molar-refractivity contribution in [3.63, 3.8) is 0 Å². The van der Waals surface area contributed by atoms with Crippen molar-refractivity contribution >= 4 is 35.8 Å². The van der Waals surface area contributed by atoms with Crippen LogP contribution in [0.5, 0.6) is 0 Å². The van der Waals surface area contributed by atoms with E-state index in [0.29, 0.717) is 23.4 Å². The Morgan fingerprint density at radius 3 is 2.03 bits per heavy atom. The number of carbonyl (C=O) groups is 2. The Balaban J connectivity index is 0.00000341. The summed E-state index contributed by atoms with van der Waals surface area (Å²) in [6.07, 6.45) is 0. The minimum atomic E-state index is -1.03. The summed E-state index contributed by atoms with van der Waals surface area (Å²) in [5.74, 6) is -1.32. The van der Waals surface area contributed by atoms with E-state index in [9.17, 15) is 9.59 Å². The first-order valence-corrected chi connectivity index (χ1v) is 9.30. The fourth-order valence-corrected chi connectivity index (χ4v) is 2.92. The Bertz CT molecular complexity index is 1040. The molecule has 31 heavy (non-hydrogen) atoms. The lowest BCUT2D eigenvalue weighted by atomic mass is 10.0. The molecule has 0 saturated carbocycles. The maximum absolute atomic E-state index is 13.0. The number of amides is 1. The molecule has 0 aliphatic heterocycles. The van der Waals surface area contributed by atoms with Gasteiger partial charge >= 0.3 is 5.97 Å². The van der Waals surface area contributed by atoms with Crippen LogP contribution in [0.2, 0.25) is 0 Å². The van der Waals surface area contributed by atoms with Gasteiger partial charge < -0.3 is 21.5 Å². The number of carbonyl (C=O) groups excluding carboxylic acids is 1. The van der Waals surface area contributed by atoms with E-state index in [1.165, 1.54) is 12.1 Å². The van der Waals surface area contributed by atoms with Crippen molar-refractivity contribution in [3.05, 3.63) is 101 Å². The van der Waals surface area contributed by atoms with E-state index in [4.69, 9.17) is 16.2 Å². The van der Waals surface area contributed by atoms with Crippen LogP contribution in [0.3, 0.4) is 0 Å². The molecule has 0 spiro atoms. The number of nitrogen functional groups attached to an aromatic ring is 1. The van der Waals surface area contributed by atoms with Gasteiger partial charge in [-0.25, -0.2) is 4.79 Å². The first-order valence-electron chi connectivity index (χ1n) is 9.30. The highest BCUT2D eigenvalue weighted by Crippen LogP contribution is 2.21. The molecule has 3 aromatic rings. The Hall–Kier alpha value is -3.84. The third kappa shape index (κ3) is 6.32. The van der Waals surface area contributed by atoms with Gasteiger partial charge in [0.1, 0.15) is 11.9 Å². The molecule has 0 heterocycles. The molecule has 0 saturated heterocycles. The number of rotatable bonds is 8. The first kappa shape index (κ1) is 23.4. The normalized spacial score (nSPS) is 11.0. The Kier molecular flexibility index (Phi) is 8.16. The van der Waals surface area contributed by atoms with Crippen molar-refractivity contribution in [1.82, 2.24) is 5.32 Å². The minimum absolute atomic E-state index is 0. The van der Waals surface area contributed by atoms with Gasteiger partial charge in [-0.1, -0.05) is 42.5 Å². The molecule has 3 rings (SSSR count). The molecule has 160 valence electrons. The van der Waals surface area contributed by atoms with Crippen molar-refractivity contribution in [2.24, 2.45) is 5.73 Å². The standard InChI is InChI=1S/C23H22N4O3.ClH/c24-21(25)17-10-12-19(13-11-17)27-20(16-6-8-18(9-7-16)23(29)30)22(28)26-14-15-4-2-1-3-5-15;/h1-13,20,27H,14H2,(H3,24,25)(H,26,28)(H,29,30);1H. The number of carboxylic acids is 1. The molecule has 0 aliphatic rings. The molecule has 0 bridgehead atoms. The topological polar surface area (TPSA) is 128 Å². The summed E-state index contributed by atoms with van der Waals surface area (Å²) in [4.78, 5) is 24.1. The average molecular weight is 439 g/mol. The van der Waals surface area contributed by atoms with Crippen LogP contribution in [0.25, 0.3) is 0 Å². The van der Waals surface area contributed by atoms with Crippen LogP contribution in [0, 0.1) is 5.41 Å². The summed E-state index contributed by atoms with van der Waals surface area (Å²) in [5.41, 5.74) is 8.48. The van der Waals surface area contributed by atoms with E-state index in [1.807, 2.05) is 30.3 Å². The zero-order valence-corrected chi connectivity index (χ0v) is 17.4. The molecule has 8 heteroatoms. The number of benzene rings is 3. The third-order valence-corrected chi connectivity index (χ3v) is 4.57. The van der Waals surface area contributed by atoms with Crippen LogP contribution in [0.1, 0.15) is 33.1 Å². The van der Waals surface area contributed by atoms with Crippen LogP contribution in [0.4, 0.5) is 5.69 Å². The zero-order chi connectivity index (χ0) is 21.5. The highest BCUT2D eigenvalue weighted by Gasteiger charge is 2.21. The Labute approximate surface area is 186 Å². The number of amidine groups is 1. The largest absolute Gasteiger partial charge is 0.478 e. The molecule has 0 fully saturated rings. The SMILES string of the molecule is Cl.N=C(N)c1ccc(NC(C(=O)NCc2ccccc2)c2ccc(C(=O)O)cc2)cc1. The summed E-state index contributed by atoms with van der Waals surface area (Å²) in [5, 5.41) is 22.7. The van der Waals surface area contributed by atoms with E-state index in [1.54, 1.807) is 36.4 Å². The summed E-state index contributed by atoms with van der Waals surface area (Å²) in [7, 11) is 0. The molecule has 0 radical (unpaired) electrons. The summed E-state index contributed by atoms with van der Waals surface area (Å²) in [6.45, 7) is 0.369. The molecule has 3 aromatic carbocycles. The van der Waals surface area contributed by atoms with Gasteiger partial charge in [0.2, 0.25) is 5.91 Å². The van der Waals surface area contributed by atoms with Gasteiger partial charge in [0, 0.05) is 17.8 Å². The second-order valence-electron chi connectivity index (χ2n) is 6.70. The van der Waals surface area contributed by atoms with E-state index in [0.717, 1.165) is 5.56 Å². The maximum Gasteiger partial charge on any atom is 0.335 e. The van der Waals surface area contributed by atoms with Gasteiger partial charge in [0.05, 0.1) is 5.56 Å². The van der Waals surface area contributed by atoms with Crippen LogP contribution >= 0.6 is 12.4 Å². The Morgan fingerprint density at radius 1 is 0.903 bits per heavy atom. The third-order valence-electron chi connectivity index (χ3n) is 4.57. The number of nitrogens with one attached hydrogen (secondary N) is 3. The second kappa shape index (κ2) is 10.8. The Morgan fingerprint density at radius 2 is 1.48 bits per heavy atom. The number of carboxylic acid groups (broad SMARTS) is 1. The molecule has 7 nitrogen and oxygen atoms in total. The highest BCUT2D eigenvalue weighted by molar-refractivity contribution is 5.95. The average Bonchev–Trinajstić information content (AvgIpc) is 2.77. The van der Waals surface area contributed by atoms with Crippen LogP contribution in [0.15, 0.2) is 78.9 Å². The summed E-state index contributed by atoms with van der Waals surface area (Å²) < 4.78 is 0. The van der Waals surface area contributed by atoms with E-state index < -0.39 is 12.0 Å². The zero-order valence-electron chi connectivity index (χ0n) is 16.5. The van der Waals surface area contributed by atoms with Gasteiger partial charge in [0.25, 0.3) is 0 Å². The molecule has 6 N–H and O–H groups in total. The number of halogens is 1. The first-order chi connectivity index (χ1) is 14.4. The number of nitrogens with two attached hydrogens (primary N) is 1. The molecule has 0 aromatic heterocycles. The summed E-state index contributed by atoms with van der Waals surface area (Å²) >= 11 is 0. The van der Waals surface area contributed by atoms with E-state index >= 15 is 0 Å². The molecule has 1 unspecified atom stereocenters. The summed E-state index contributed by atoms with van der Waals surface area (Å²) in [6, 6.07) is 21.8. The fraction of sp³-hybridized carbons (Fsp3) is 0.0870. The molecule has 1 amide bonds. The highest BCUT2D eigenvalue weighted by atomic mass is 35.5. The van der Waals surface area contributed by atoms with Crippen LogP contribution in [-0.4, -0.2) is 22.8 Å². The van der Waals surface area contributed by atoms with Gasteiger partial charge in [-0.05, 0) is 47.5 Å². The quantitative estimate of drug-likeness (QED) is 0.271. The fourth-order valence-electron chi connectivity index (χ4n) is 2.92. The monoisotopic (exact) mass is 438 g/mol. The lowest BCUT2D eigenvalue weighted by Gasteiger charge is -2.20. The van der Waals surface area contributed by atoms with Crippen LogP contribution in [-0.2, 0) is 11.3 Å². The minimum Gasteiger partial charge on any atom is -0.478 e. The van der Waals surface area contributed by atoms with Gasteiger partial charge in [-0.15, -0.1) is 12.4 Å². The van der Waals surface area contributed by atoms with Gasteiger partial charge in [0.15, 0.2) is 0 Å². The van der Waals surface area contributed by atoms with Gasteiger partial charge in [-0.2, -0.15) is 0 Å². The molecular formula is C23H23ClN4O3. The lowest BCUT2D eigenvalue weighted by Crippen LogP contribution is -2.33. The maximum atomic E-state index is 13.0. The van der Waals surface area contributed by atoms with Crippen molar-refractivity contribution in [2.75, 3.05) is 5.32 Å².